The molecular weight excluding hydrogens is 202 g/mol. The summed E-state index contributed by atoms with van der Waals surface area (Å²) in [5, 5.41) is 3.39. The van der Waals surface area contributed by atoms with E-state index < -0.39 is 0 Å². The van der Waals surface area contributed by atoms with Crippen LogP contribution in [0.4, 0.5) is 0 Å². The predicted molar refractivity (Wildman–Crippen MR) is 65.8 cm³/mol. The average Bonchev–Trinajstić information content (AvgIpc) is 2.29. The van der Waals surface area contributed by atoms with Gasteiger partial charge in [0.25, 0.3) is 0 Å². The van der Waals surface area contributed by atoms with Crippen LogP contribution in [0.5, 0.6) is 5.75 Å². The molecule has 3 nitrogen and oxygen atoms in total. The van der Waals surface area contributed by atoms with Gasteiger partial charge in [-0.15, -0.1) is 0 Å². The zero-order chi connectivity index (χ0) is 12.0. The lowest BCUT2D eigenvalue weighted by molar-refractivity contribution is 0.181. The monoisotopic (exact) mass is 223 g/mol. The first-order chi connectivity index (χ1) is 7.72. The first kappa shape index (κ1) is 13.0. The number of nitrogens with one attached hydrogen (secondary N) is 1. The second-order valence-electron chi connectivity index (χ2n) is 3.78. The molecule has 0 amide bonds. The van der Waals surface area contributed by atoms with Crippen LogP contribution in [0.3, 0.4) is 0 Å². The molecule has 0 spiro atoms. The Bertz CT molecular complexity index is 326. The molecule has 3 heteroatoms. The number of methoxy groups -OCH3 is 2. The van der Waals surface area contributed by atoms with E-state index in [-0.39, 0.29) is 0 Å². The molecular formula is C13H21NO2. The van der Waals surface area contributed by atoms with Gasteiger partial charge in [-0.3, -0.25) is 0 Å². The maximum Gasteiger partial charge on any atom is 0.124 e. The molecule has 0 aliphatic carbocycles. The third-order valence-corrected chi connectivity index (χ3v) is 2.61. The van der Waals surface area contributed by atoms with Gasteiger partial charge in [0.05, 0.1) is 13.7 Å². The molecule has 0 aliphatic rings. The Morgan fingerprint density at radius 1 is 1.31 bits per heavy atom. The fourth-order valence-electron chi connectivity index (χ4n) is 1.76. The Morgan fingerprint density at radius 2 is 2.06 bits per heavy atom. The van der Waals surface area contributed by atoms with E-state index in [0.29, 0.717) is 12.6 Å². The molecule has 1 atom stereocenters. The van der Waals surface area contributed by atoms with E-state index in [1.165, 1.54) is 5.56 Å². The van der Waals surface area contributed by atoms with Gasteiger partial charge >= 0.3 is 0 Å². The van der Waals surface area contributed by atoms with Crippen molar-refractivity contribution in [2.75, 3.05) is 20.8 Å². The summed E-state index contributed by atoms with van der Waals surface area (Å²) in [7, 11) is 3.38. The molecule has 0 radical (unpaired) electrons. The maximum atomic E-state index is 5.29. The van der Waals surface area contributed by atoms with Crippen LogP contribution in [-0.2, 0) is 11.3 Å². The molecule has 0 saturated carbocycles. The minimum Gasteiger partial charge on any atom is -0.496 e. The van der Waals surface area contributed by atoms with Crippen LogP contribution in [0.15, 0.2) is 18.2 Å². The average molecular weight is 223 g/mol. The van der Waals surface area contributed by atoms with Crippen molar-refractivity contribution in [3.8, 4) is 5.75 Å². The summed E-state index contributed by atoms with van der Waals surface area (Å²) < 4.78 is 10.5. The lowest BCUT2D eigenvalue weighted by Crippen LogP contribution is -2.17. The van der Waals surface area contributed by atoms with Gasteiger partial charge in [-0.25, -0.2) is 0 Å². The lowest BCUT2D eigenvalue weighted by Gasteiger charge is -2.15. The van der Waals surface area contributed by atoms with Gasteiger partial charge in [-0.1, -0.05) is 13.0 Å². The van der Waals surface area contributed by atoms with Crippen LogP contribution in [0.25, 0.3) is 0 Å². The number of rotatable bonds is 6. The normalized spacial score (nSPS) is 12.5. The van der Waals surface area contributed by atoms with Crippen LogP contribution in [0, 0.1) is 0 Å². The summed E-state index contributed by atoms with van der Waals surface area (Å²) in [6, 6.07) is 6.57. The Balaban J connectivity index is 2.91. The van der Waals surface area contributed by atoms with E-state index in [1.807, 2.05) is 6.07 Å². The minimum absolute atomic E-state index is 0.353. The van der Waals surface area contributed by atoms with Crippen molar-refractivity contribution in [1.82, 2.24) is 5.32 Å². The van der Waals surface area contributed by atoms with Crippen molar-refractivity contribution >= 4 is 0 Å². The smallest absolute Gasteiger partial charge is 0.124 e. The number of ether oxygens (including phenoxy) is 2. The Labute approximate surface area is 97.8 Å². The van der Waals surface area contributed by atoms with Crippen LogP contribution < -0.4 is 10.1 Å². The molecule has 1 N–H and O–H groups in total. The van der Waals surface area contributed by atoms with E-state index in [4.69, 9.17) is 9.47 Å². The van der Waals surface area contributed by atoms with Gasteiger partial charge in [0, 0.05) is 18.7 Å². The first-order valence-electron chi connectivity index (χ1n) is 5.62. The van der Waals surface area contributed by atoms with E-state index in [2.05, 4.69) is 31.3 Å². The lowest BCUT2D eigenvalue weighted by atomic mass is 10.0. The highest BCUT2D eigenvalue weighted by atomic mass is 16.5. The van der Waals surface area contributed by atoms with E-state index in [9.17, 15) is 0 Å². The van der Waals surface area contributed by atoms with Gasteiger partial charge in [0.2, 0.25) is 0 Å². The number of hydrogen-bond donors (Lipinski definition) is 1. The molecule has 0 heterocycles. The van der Waals surface area contributed by atoms with Crippen LogP contribution in [0.1, 0.15) is 31.0 Å². The minimum atomic E-state index is 0.353. The van der Waals surface area contributed by atoms with Crippen LogP contribution in [0.2, 0.25) is 0 Å². The summed E-state index contributed by atoms with van der Waals surface area (Å²) in [6.07, 6.45) is 0. The zero-order valence-electron chi connectivity index (χ0n) is 10.5. The highest BCUT2D eigenvalue weighted by Gasteiger charge is 2.08. The summed E-state index contributed by atoms with van der Waals surface area (Å²) >= 11 is 0. The van der Waals surface area contributed by atoms with Crippen molar-refractivity contribution in [2.45, 2.75) is 26.5 Å². The summed E-state index contributed by atoms with van der Waals surface area (Å²) in [4.78, 5) is 0. The largest absolute Gasteiger partial charge is 0.496 e. The van der Waals surface area contributed by atoms with Crippen molar-refractivity contribution in [3.05, 3.63) is 29.3 Å². The zero-order valence-corrected chi connectivity index (χ0v) is 10.5. The molecule has 1 aromatic carbocycles. The van der Waals surface area contributed by atoms with Gasteiger partial charge in [-0.2, -0.15) is 0 Å². The SMILES string of the molecule is CCNC(C)c1ccc(OC)c(COC)c1. The molecule has 1 aromatic rings. The third kappa shape index (κ3) is 3.22. The standard InChI is InChI=1S/C13H21NO2/c1-5-14-10(2)11-6-7-13(16-4)12(8-11)9-15-3/h6-8,10,14H,5,9H2,1-4H3. The predicted octanol–water partition coefficient (Wildman–Crippen LogP) is 2.51. The highest BCUT2D eigenvalue weighted by Crippen LogP contribution is 2.23. The Hall–Kier alpha value is -1.06. The molecule has 90 valence electrons. The Kier molecular flexibility index (Phi) is 5.29. The second kappa shape index (κ2) is 6.51. The molecule has 0 saturated heterocycles. The fourth-order valence-corrected chi connectivity index (χ4v) is 1.76. The summed E-state index contributed by atoms with van der Waals surface area (Å²) in [6.45, 7) is 5.81. The van der Waals surface area contributed by atoms with Gasteiger partial charge in [-0.05, 0) is 31.2 Å². The quantitative estimate of drug-likeness (QED) is 0.803. The molecule has 16 heavy (non-hydrogen) atoms. The number of hydrogen-bond acceptors (Lipinski definition) is 3. The highest BCUT2D eigenvalue weighted by molar-refractivity contribution is 5.38. The van der Waals surface area contributed by atoms with Crippen molar-refractivity contribution < 1.29 is 9.47 Å². The Morgan fingerprint density at radius 3 is 2.62 bits per heavy atom. The molecule has 0 aromatic heterocycles. The first-order valence-corrected chi connectivity index (χ1v) is 5.62. The van der Waals surface area contributed by atoms with Gasteiger partial charge in [0.1, 0.15) is 5.75 Å². The molecule has 1 rings (SSSR count). The van der Waals surface area contributed by atoms with Crippen molar-refractivity contribution in [2.24, 2.45) is 0 Å². The maximum absolute atomic E-state index is 5.29. The van der Waals surface area contributed by atoms with Gasteiger partial charge < -0.3 is 14.8 Å². The van der Waals surface area contributed by atoms with Crippen LogP contribution in [-0.4, -0.2) is 20.8 Å². The van der Waals surface area contributed by atoms with E-state index >= 15 is 0 Å². The molecule has 0 fully saturated rings. The summed E-state index contributed by atoms with van der Waals surface area (Å²) in [5.41, 5.74) is 2.35. The fraction of sp³-hybridized carbons (Fsp3) is 0.538. The van der Waals surface area contributed by atoms with Crippen LogP contribution >= 0.6 is 0 Å². The van der Waals surface area contributed by atoms with Crippen molar-refractivity contribution in [3.63, 3.8) is 0 Å². The summed E-state index contributed by atoms with van der Waals surface area (Å²) in [5.74, 6) is 0.884. The second-order valence-corrected chi connectivity index (χ2v) is 3.78. The molecule has 0 aliphatic heterocycles. The molecule has 1 unspecified atom stereocenters. The third-order valence-electron chi connectivity index (χ3n) is 2.61. The van der Waals surface area contributed by atoms with Crippen molar-refractivity contribution in [1.29, 1.82) is 0 Å². The van der Waals surface area contributed by atoms with E-state index in [1.54, 1.807) is 14.2 Å². The topological polar surface area (TPSA) is 30.5 Å². The molecule has 0 bridgehead atoms. The number of benzene rings is 1. The van der Waals surface area contributed by atoms with E-state index in [0.717, 1.165) is 17.9 Å². The van der Waals surface area contributed by atoms with Gasteiger partial charge in [0.15, 0.2) is 0 Å².